The fourth-order valence-corrected chi connectivity index (χ4v) is 3.88. The van der Waals surface area contributed by atoms with Gasteiger partial charge in [-0.3, -0.25) is 4.79 Å². The van der Waals surface area contributed by atoms with Gasteiger partial charge >= 0.3 is 0 Å². The normalized spacial score (nSPS) is 14.1. The Morgan fingerprint density at radius 1 is 1.23 bits per heavy atom. The van der Waals surface area contributed by atoms with Crippen molar-refractivity contribution < 1.29 is 9.21 Å². The second-order valence-corrected chi connectivity index (χ2v) is 7.50. The van der Waals surface area contributed by atoms with Crippen molar-refractivity contribution in [3.63, 3.8) is 0 Å². The number of thioether (sulfide) groups is 1. The predicted molar refractivity (Wildman–Crippen MR) is 106 cm³/mol. The number of hydrogen-bond donors (Lipinski definition) is 1. The van der Waals surface area contributed by atoms with Gasteiger partial charge in [0.05, 0.1) is 17.1 Å². The number of nitrogens with zero attached hydrogens (tertiary/aromatic N) is 2. The largest absolute Gasteiger partial charge is 0.431 e. The van der Waals surface area contributed by atoms with Crippen molar-refractivity contribution in [2.45, 2.75) is 18.1 Å². The molecule has 1 amide bonds. The van der Waals surface area contributed by atoms with E-state index in [9.17, 15) is 4.79 Å². The number of carbonyl (C=O) groups is 1. The van der Waals surface area contributed by atoms with E-state index in [0.29, 0.717) is 10.2 Å². The Hall–Kier alpha value is -2.18. The minimum atomic E-state index is -0.111. The Balaban J connectivity index is 1.43. The lowest BCUT2D eigenvalue weighted by Crippen LogP contribution is -2.21. The Morgan fingerprint density at radius 2 is 2.04 bits per heavy atom. The SMILES string of the molecule is O=C(CSc1nc2ccccc2o1)Nc1cc(Cl)ccc1N1CCCC1. The standard InChI is InChI=1S/C19H18ClN3O2S/c20-13-7-8-16(23-9-3-4-10-23)15(11-13)21-18(24)12-26-19-22-14-5-1-2-6-17(14)25-19/h1-2,5-8,11H,3-4,9-10,12H2,(H,21,24). The summed E-state index contributed by atoms with van der Waals surface area (Å²) in [4.78, 5) is 19.1. The van der Waals surface area contributed by atoms with E-state index in [1.807, 2.05) is 36.4 Å². The molecule has 5 nitrogen and oxygen atoms in total. The van der Waals surface area contributed by atoms with Crippen molar-refractivity contribution in [1.82, 2.24) is 4.98 Å². The number of fused-ring (bicyclic) bond motifs is 1. The van der Waals surface area contributed by atoms with Crippen LogP contribution in [0.3, 0.4) is 0 Å². The lowest BCUT2D eigenvalue weighted by molar-refractivity contribution is -0.113. The number of para-hydroxylation sites is 2. The molecule has 1 saturated heterocycles. The average Bonchev–Trinajstić information content (AvgIpc) is 3.29. The molecule has 0 bridgehead atoms. The minimum absolute atomic E-state index is 0.111. The molecule has 2 heterocycles. The van der Waals surface area contributed by atoms with Gasteiger partial charge < -0.3 is 14.6 Å². The number of anilines is 2. The third-order valence-corrected chi connectivity index (χ3v) is 5.34. The Morgan fingerprint density at radius 3 is 2.85 bits per heavy atom. The van der Waals surface area contributed by atoms with Crippen molar-refractivity contribution in [2.24, 2.45) is 0 Å². The van der Waals surface area contributed by atoms with E-state index in [2.05, 4.69) is 15.2 Å². The highest BCUT2D eigenvalue weighted by Gasteiger charge is 2.18. The molecule has 1 aliphatic rings. The zero-order chi connectivity index (χ0) is 17.9. The van der Waals surface area contributed by atoms with E-state index in [4.69, 9.17) is 16.0 Å². The number of amides is 1. The number of nitrogens with one attached hydrogen (secondary N) is 1. The third-order valence-electron chi connectivity index (χ3n) is 4.28. The molecule has 0 atom stereocenters. The summed E-state index contributed by atoms with van der Waals surface area (Å²) in [6.45, 7) is 2.00. The maximum absolute atomic E-state index is 12.4. The van der Waals surface area contributed by atoms with E-state index in [-0.39, 0.29) is 11.7 Å². The first-order valence-corrected chi connectivity index (χ1v) is 9.88. The predicted octanol–water partition coefficient (Wildman–Crippen LogP) is 4.81. The molecule has 26 heavy (non-hydrogen) atoms. The smallest absolute Gasteiger partial charge is 0.257 e. The summed E-state index contributed by atoms with van der Waals surface area (Å²) in [5.74, 6) is 0.110. The first kappa shape index (κ1) is 17.2. The monoisotopic (exact) mass is 387 g/mol. The van der Waals surface area contributed by atoms with E-state index in [1.54, 1.807) is 6.07 Å². The molecule has 0 unspecified atom stereocenters. The summed E-state index contributed by atoms with van der Waals surface area (Å²) < 4.78 is 5.64. The highest BCUT2D eigenvalue weighted by Crippen LogP contribution is 2.32. The Bertz CT molecular complexity index is 904. The van der Waals surface area contributed by atoms with Crippen LogP contribution in [-0.2, 0) is 4.79 Å². The molecule has 4 rings (SSSR count). The molecule has 1 N–H and O–H groups in total. The van der Waals surface area contributed by atoms with Crippen LogP contribution in [-0.4, -0.2) is 29.7 Å². The maximum atomic E-state index is 12.4. The lowest BCUT2D eigenvalue weighted by Gasteiger charge is -2.21. The van der Waals surface area contributed by atoms with Crippen molar-refractivity contribution >= 4 is 51.7 Å². The first-order valence-electron chi connectivity index (χ1n) is 8.52. The molecule has 1 aliphatic heterocycles. The molecular weight excluding hydrogens is 370 g/mol. The number of carbonyl (C=O) groups excluding carboxylic acids is 1. The summed E-state index contributed by atoms with van der Waals surface area (Å²) in [7, 11) is 0. The van der Waals surface area contributed by atoms with Gasteiger partial charge in [0, 0.05) is 18.1 Å². The van der Waals surface area contributed by atoms with Crippen LogP contribution in [0, 0.1) is 0 Å². The van der Waals surface area contributed by atoms with Crippen LogP contribution in [0.4, 0.5) is 11.4 Å². The lowest BCUT2D eigenvalue weighted by atomic mass is 10.2. The fourth-order valence-electron chi connectivity index (χ4n) is 3.07. The van der Waals surface area contributed by atoms with Gasteiger partial charge in [0.2, 0.25) is 5.91 Å². The highest BCUT2D eigenvalue weighted by molar-refractivity contribution is 7.99. The zero-order valence-electron chi connectivity index (χ0n) is 14.1. The molecule has 134 valence electrons. The summed E-state index contributed by atoms with van der Waals surface area (Å²) in [5, 5.41) is 4.08. The second-order valence-electron chi connectivity index (χ2n) is 6.14. The first-order chi connectivity index (χ1) is 12.7. The molecule has 2 aromatic carbocycles. The second kappa shape index (κ2) is 7.60. The van der Waals surface area contributed by atoms with Crippen molar-refractivity contribution in [3.05, 3.63) is 47.5 Å². The zero-order valence-corrected chi connectivity index (χ0v) is 15.6. The third kappa shape index (κ3) is 3.81. The molecule has 0 saturated carbocycles. The van der Waals surface area contributed by atoms with Crippen LogP contribution >= 0.6 is 23.4 Å². The number of oxazole rings is 1. The summed E-state index contributed by atoms with van der Waals surface area (Å²) >= 11 is 7.40. The van der Waals surface area contributed by atoms with E-state index >= 15 is 0 Å². The van der Waals surface area contributed by atoms with Crippen LogP contribution < -0.4 is 10.2 Å². The van der Waals surface area contributed by atoms with Crippen LogP contribution in [0.15, 0.2) is 52.1 Å². The van der Waals surface area contributed by atoms with Crippen LogP contribution in [0.2, 0.25) is 5.02 Å². The van der Waals surface area contributed by atoms with E-state index in [1.165, 1.54) is 24.6 Å². The average molecular weight is 388 g/mol. The van der Waals surface area contributed by atoms with Gasteiger partial charge in [-0.15, -0.1) is 0 Å². The number of benzene rings is 2. The molecule has 1 fully saturated rings. The Labute approximate surface area is 160 Å². The Kier molecular flexibility index (Phi) is 5.04. The minimum Gasteiger partial charge on any atom is -0.431 e. The van der Waals surface area contributed by atoms with Gasteiger partial charge in [-0.2, -0.15) is 0 Å². The van der Waals surface area contributed by atoms with Gasteiger partial charge in [0.15, 0.2) is 5.58 Å². The number of hydrogen-bond acceptors (Lipinski definition) is 5. The topological polar surface area (TPSA) is 58.4 Å². The maximum Gasteiger partial charge on any atom is 0.257 e. The number of rotatable bonds is 5. The highest BCUT2D eigenvalue weighted by atomic mass is 35.5. The van der Waals surface area contributed by atoms with E-state index in [0.717, 1.165) is 35.6 Å². The molecule has 3 aromatic rings. The molecule has 7 heteroatoms. The molecular formula is C19H18ClN3O2S. The van der Waals surface area contributed by atoms with Gasteiger partial charge in [0.1, 0.15) is 5.52 Å². The van der Waals surface area contributed by atoms with Gasteiger partial charge in [-0.25, -0.2) is 4.98 Å². The van der Waals surface area contributed by atoms with Crippen LogP contribution in [0.25, 0.3) is 11.1 Å². The van der Waals surface area contributed by atoms with Crippen molar-refractivity contribution in [3.8, 4) is 0 Å². The van der Waals surface area contributed by atoms with Crippen molar-refractivity contribution in [2.75, 3.05) is 29.1 Å². The van der Waals surface area contributed by atoms with Crippen LogP contribution in [0.1, 0.15) is 12.8 Å². The quantitative estimate of drug-likeness (QED) is 0.636. The summed E-state index contributed by atoms with van der Waals surface area (Å²) in [6.07, 6.45) is 2.34. The molecule has 0 radical (unpaired) electrons. The molecule has 0 aliphatic carbocycles. The fraction of sp³-hybridized carbons (Fsp3) is 0.263. The van der Waals surface area contributed by atoms with Gasteiger partial charge in [-0.05, 0) is 43.2 Å². The molecule has 1 aromatic heterocycles. The molecule has 0 spiro atoms. The van der Waals surface area contributed by atoms with Crippen molar-refractivity contribution in [1.29, 1.82) is 0 Å². The van der Waals surface area contributed by atoms with E-state index < -0.39 is 0 Å². The van der Waals surface area contributed by atoms with Gasteiger partial charge in [-0.1, -0.05) is 35.5 Å². The summed E-state index contributed by atoms with van der Waals surface area (Å²) in [6, 6.07) is 13.2. The number of halogens is 1. The summed E-state index contributed by atoms with van der Waals surface area (Å²) in [5.41, 5.74) is 3.29. The van der Waals surface area contributed by atoms with Crippen LogP contribution in [0.5, 0.6) is 0 Å². The number of aromatic nitrogens is 1. The van der Waals surface area contributed by atoms with Gasteiger partial charge in [0.25, 0.3) is 5.22 Å².